The summed E-state index contributed by atoms with van der Waals surface area (Å²) < 4.78 is 6.80. The molecule has 3 nitrogen and oxygen atoms in total. The number of aromatic nitrogens is 1. The first kappa shape index (κ1) is 26.4. The second-order valence-corrected chi connectivity index (χ2v) is 13.0. The molecule has 4 heteroatoms. The molecule has 0 saturated carbocycles. The van der Waals surface area contributed by atoms with Crippen molar-refractivity contribution in [1.29, 1.82) is 0 Å². The minimum Gasteiger partial charge on any atom is -0.455 e. The molecule has 10 rings (SSSR count). The highest BCUT2D eigenvalue weighted by molar-refractivity contribution is 7.99. The van der Waals surface area contributed by atoms with Crippen molar-refractivity contribution in [2.45, 2.75) is 9.79 Å². The quantitative estimate of drug-likeness (QED) is 0.184. The van der Waals surface area contributed by atoms with Crippen LogP contribution in [0.4, 0.5) is 17.1 Å². The normalized spacial score (nSPS) is 12.6. The lowest BCUT2D eigenvalue weighted by molar-refractivity contribution is 0.670. The van der Waals surface area contributed by atoms with Crippen LogP contribution in [0.5, 0.6) is 0 Å². The molecule has 0 N–H and O–H groups in total. The fraction of sp³-hybridized carbons (Fsp3) is 0. The highest BCUT2D eigenvalue weighted by Crippen LogP contribution is 2.52. The maximum atomic E-state index is 6.80. The van der Waals surface area contributed by atoms with Crippen LogP contribution in [0, 0.1) is 0 Å². The molecule has 0 spiro atoms. The Bertz CT molecular complexity index is 2630. The molecule has 0 amide bonds. The average molecular weight is 619 g/mol. The van der Waals surface area contributed by atoms with Crippen molar-refractivity contribution >= 4 is 72.4 Å². The number of hydrogen-bond acceptors (Lipinski definition) is 4. The van der Waals surface area contributed by atoms with Gasteiger partial charge in [-0.05, 0) is 60.2 Å². The van der Waals surface area contributed by atoms with Crippen molar-refractivity contribution in [3.8, 4) is 22.4 Å². The van der Waals surface area contributed by atoms with Crippen LogP contribution in [0.25, 0.3) is 66.0 Å². The molecular formula is C43H26N2OS. The molecule has 7 aromatic carbocycles. The van der Waals surface area contributed by atoms with Gasteiger partial charge in [-0.3, -0.25) is 0 Å². The van der Waals surface area contributed by atoms with Gasteiger partial charge in [-0.15, -0.1) is 0 Å². The van der Waals surface area contributed by atoms with Gasteiger partial charge in [-0.1, -0.05) is 115 Å². The second-order valence-electron chi connectivity index (χ2n) is 11.9. The Kier molecular flexibility index (Phi) is 5.81. The molecule has 9 aromatic rings. The van der Waals surface area contributed by atoms with E-state index in [2.05, 4.69) is 157 Å². The van der Waals surface area contributed by atoms with E-state index in [1.54, 1.807) is 0 Å². The molecule has 0 unspecified atom stereocenters. The van der Waals surface area contributed by atoms with Gasteiger partial charge in [-0.25, -0.2) is 4.98 Å². The summed E-state index contributed by atoms with van der Waals surface area (Å²) in [7, 11) is 0. The maximum absolute atomic E-state index is 6.80. The second kappa shape index (κ2) is 10.3. The van der Waals surface area contributed by atoms with Crippen LogP contribution in [0.3, 0.4) is 0 Å². The lowest BCUT2D eigenvalue weighted by Gasteiger charge is -2.33. The number of benzene rings is 7. The van der Waals surface area contributed by atoms with Gasteiger partial charge in [0.15, 0.2) is 0 Å². The lowest BCUT2D eigenvalue weighted by atomic mass is 9.92. The number of pyridine rings is 1. The number of furan rings is 1. The van der Waals surface area contributed by atoms with Crippen LogP contribution < -0.4 is 4.90 Å². The first-order valence-electron chi connectivity index (χ1n) is 15.8. The summed E-state index contributed by atoms with van der Waals surface area (Å²) in [5.74, 6) is 0. The summed E-state index contributed by atoms with van der Waals surface area (Å²) in [5.41, 5.74) is 10.4. The molecule has 1 aliphatic rings. The highest BCUT2D eigenvalue weighted by atomic mass is 32.2. The van der Waals surface area contributed by atoms with Gasteiger partial charge in [0.1, 0.15) is 11.2 Å². The zero-order valence-corrected chi connectivity index (χ0v) is 26.0. The van der Waals surface area contributed by atoms with Crippen molar-refractivity contribution < 1.29 is 4.42 Å². The Balaban J connectivity index is 1.30. The maximum Gasteiger partial charge on any atom is 0.143 e. The Morgan fingerprint density at radius 1 is 0.511 bits per heavy atom. The summed E-state index contributed by atoms with van der Waals surface area (Å²) in [6, 6.07) is 55.8. The van der Waals surface area contributed by atoms with E-state index in [0.717, 1.165) is 66.3 Å². The van der Waals surface area contributed by atoms with Gasteiger partial charge in [0.2, 0.25) is 0 Å². The van der Waals surface area contributed by atoms with E-state index in [4.69, 9.17) is 9.40 Å². The molecule has 0 saturated heterocycles. The predicted octanol–water partition coefficient (Wildman–Crippen LogP) is 12.6. The Hall–Kier alpha value is -5.84. The number of para-hydroxylation sites is 4. The van der Waals surface area contributed by atoms with Gasteiger partial charge in [0, 0.05) is 53.5 Å². The van der Waals surface area contributed by atoms with E-state index in [0.29, 0.717) is 0 Å². The zero-order valence-electron chi connectivity index (χ0n) is 25.2. The smallest absolute Gasteiger partial charge is 0.143 e. The van der Waals surface area contributed by atoms with Crippen molar-refractivity contribution in [1.82, 2.24) is 4.98 Å². The minimum absolute atomic E-state index is 0.880. The summed E-state index contributed by atoms with van der Waals surface area (Å²) in [6.45, 7) is 0. The highest BCUT2D eigenvalue weighted by Gasteiger charge is 2.26. The minimum atomic E-state index is 0.880. The SMILES string of the molecule is c1ccc(-c2nc3ccccc3c3c2cc(-c2cccc(N4c5ccccc5Sc5ccccc54)c2)c2oc4ccccc4c23)cc1. The van der Waals surface area contributed by atoms with Crippen LogP contribution in [-0.4, -0.2) is 4.98 Å². The number of hydrogen-bond donors (Lipinski definition) is 0. The molecule has 2 aromatic heterocycles. The first-order valence-corrected chi connectivity index (χ1v) is 16.6. The van der Waals surface area contributed by atoms with E-state index < -0.39 is 0 Å². The van der Waals surface area contributed by atoms with E-state index in [1.807, 2.05) is 17.8 Å². The fourth-order valence-corrected chi connectivity index (χ4v) is 8.21. The molecule has 47 heavy (non-hydrogen) atoms. The van der Waals surface area contributed by atoms with Crippen LogP contribution in [-0.2, 0) is 0 Å². The van der Waals surface area contributed by atoms with E-state index in [9.17, 15) is 0 Å². The largest absolute Gasteiger partial charge is 0.455 e. The van der Waals surface area contributed by atoms with Gasteiger partial charge in [-0.2, -0.15) is 0 Å². The van der Waals surface area contributed by atoms with E-state index in [1.165, 1.54) is 26.6 Å². The van der Waals surface area contributed by atoms with Gasteiger partial charge in [0.05, 0.1) is 22.6 Å². The third-order valence-corrected chi connectivity index (χ3v) is 10.3. The van der Waals surface area contributed by atoms with Crippen molar-refractivity contribution in [3.63, 3.8) is 0 Å². The monoisotopic (exact) mass is 618 g/mol. The summed E-state index contributed by atoms with van der Waals surface area (Å²) >= 11 is 1.82. The van der Waals surface area contributed by atoms with Crippen LogP contribution >= 0.6 is 11.8 Å². The standard InChI is InChI=1S/C43H26N2OS/c1-2-13-27(14-3-1)42-33-26-32(43-41(31-18-5-9-22-37(31)46-43)40(33)30-17-4-6-19-34(30)44-42)28-15-12-16-29(25-28)45-35-20-7-10-23-38(35)47-39-24-11-8-21-36(39)45/h1-26H. The van der Waals surface area contributed by atoms with E-state index in [-0.39, 0.29) is 0 Å². The van der Waals surface area contributed by atoms with Crippen LogP contribution in [0.15, 0.2) is 172 Å². The topological polar surface area (TPSA) is 29.3 Å². The Morgan fingerprint density at radius 3 is 1.98 bits per heavy atom. The van der Waals surface area contributed by atoms with E-state index >= 15 is 0 Å². The molecule has 1 aliphatic heterocycles. The number of anilines is 3. The van der Waals surface area contributed by atoms with Crippen molar-refractivity contribution in [3.05, 3.63) is 158 Å². The molecule has 0 aliphatic carbocycles. The zero-order chi connectivity index (χ0) is 30.9. The molecule has 220 valence electrons. The predicted molar refractivity (Wildman–Crippen MR) is 196 cm³/mol. The van der Waals surface area contributed by atoms with Crippen molar-refractivity contribution in [2.75, 3.05) is 4.90 Å². The first-order chi connectivity index (χ1) is 23.3. The van der Waals surface area contributed by atoms with Crippen LogP contribution in [0.1, 0.15) is 0 Å². The van der Waals surface area contributed by atoms with Gasteiger partial charge < -0.3 is 9.32 Å². The molecular weight excluding hydrogens is 593 g/mol. The summed E-state index contributed by atoms with van der Waals surface area (Å²) in [4.78, 5) is 10.1. The fourth-order valence-electron chi connectivity index (χ4n) is 7.16. The number of fused-ring (bicyclic) bond motifs is 9. The number of rotatable bonds is 3. The van der Waals surface area contributed by atoms with Gasteiger partial charge in [0.25, 0.3) is 0 Å². The van der Waals surface area contributed by atoms with Crippen molar-refractivity contribution in [2.24, 2.45) is 0 Å². The molecule has 0 radical (unpaired) electrons. The molecule has 3 heterocycles. The summed E-state index contributed by atoms with van der Waals surface area (Å²) in [6.07, 6.45) is 0. The number of nitrogens with zero attached hydrogens (tertiary/aromatic N) is 2. The Labute approximate surface area is 275 Å². The molecule has 0 atom stereocenters. The molecule has 0 fully saturated rings. The lowest BCUT2D eigenvalue weighted by Crippen LogP contribution is -2.14. The summed E-state index contributed by atoms with van der Waals surface area (Å²) in [5, 5.41) is 5.64. The van der Waals surface area contributed by atoms with Crippen LogP contribution in [0.2, 0.25) is 0 Å². The third-order valence-electron chi connectivity index (χ3n) is 9.20. The van der Waals surface area contributed by atoms with Gasteiger partial charge >= 0.3 is 0 Å². The Morgan fingerprint density at radius 2 is 1.17 bits per heavy atom. The molecule has 0 bridgehead atoms. The third kappa shape index (κ3) is 4.05. The average Bonchev–Trinajstić information content (AvgIpc) is 3.53.